The summed E-state index contributed by atoms with van der Waals surface area (Å²) in [6.45, 7) is 2.08. The first-order valence-electron chi connectivity index (χ1n) is 7.52. The van der Waals surface area contributed by atoms with E-state index >= 15 is 0 Å². The van der Waals surface area contributed by atoms with Crippen LogP contribution in [0.25, 0.3) is 11.0 Å². The summed E-state index contributed by atoms with van der Waals surface area (Å²) in [7, 11) is -2.04. The molecule has 0 bridgehead atoms. The van der Waals surface area contributed by atoms with E-state index in [1.807, 2.05) is 12.1 Å². The monoisotopic (exact) mass is 364 g/mol. The van der Waals surface area contributed by atoms with Crippen LogP contribution in [0.2, 0.25) is 5.02 Å². The molecule has 0 unspecified atom stereocenters. The van der Waals surface area contributed by atoms with Gasteiger partial charge in [0.25, 0.3) is 10.0 Å². The van der Waals surface area contributed by atoms with Gasteiger partial charge in [0, 0.05) is 7.05 Å². The summed E-state index contributed by atoms with van der Waals surface area (Å²) < 4.78 is 27.6. The molecular formula is C16H17ClN4O2S. The Morgan fingerprint density at radius 3 is 2.50 bits per heavy atom. The number of benzene rings is 2. The second kappa shape index (κ2) is 6.41. The van der Waals surface area contributed by atoms with Gasteiger partial charge in [-0.05, 0) is 36.2 Å². The molecule has 0 aliphatic heterocycles. The summed E-state index contributed by atoms with van der Waals surface area (Å²) in [4.78, 5) is 1.58. The zero-order chi connectivity index (χ0) is 17.3. The van der Waals surface area contributed by atoms with Crippen LogP contribution in [0.15, 0.2) is 41.3 Å². The maximum Gasteiger partial charge on any atom is 0.261 e. The van der Waals surface area contributed by atoms with Crippen molar-refractivity contribution < 1.29 is 8.42 Å². The van der Waals surface area contributed by atoms with Crippen LogP contribution < -0.4 is 4.72 Å². The Kier molecular flexibility index (Phi) is 4.47. The van der Waals surface area contributed by atoms with Gasteiger partial charge in [0.1, 0.15) is 11.0 Å². The third kappa shape index (κ3) is 3.22. The van der Waals surface area contributed by atoms with E-state index in [4.69, 9.17) is 11.6 Å². The Morgan fingerprint density at radius 1 is 1.12 bits per heavy atom. The molecule has 1 heterocycles. The van der Waals surface area contributed by atoms with E-state index < -0.39 is 10.0 Å². The number of aromatic nitrogens is 3. The molecule has 0 aliphatic rings. The van der Waals surface area contributed by atoms with Crippen molar-refractivity contribution in [3.8, 4) is 0 Å². The molecule has 0 fully saturated rings. The SMILES string of the molecule is CCCc1ccc(S(=O)(=O)Nc2ccc3nn(C)nc3c2Cl)cc1. The van der Waals surface area contributed by atoms with E-state index in [-0.39, 0.29) is 15.6 Å². The van der Waals surface area contributed by atoms with Crippen molar-refractivity contribution in [2.75, 3.05) is 4.72 Å². The van der Waals surface area contributed by atoms with Crippen molar-refractivity contribution in [2.24, 2.45) is 7.05 Å². The number of anilines is 1. The molecule has 2 aromatic carbocycles. The topological polar surface area (TPSA) is 76.9 Å². The fourth-order valence-electron chi connectivity index (χ4n) is 2.46. The van der Waals surface area contributed by atoms with E-state index in [1.165, 1.54) is 4.80 Å². The van der Waals surface area contributed by atoms with Crippen LogP contribution in [0.1, 0.15) is 18.9 Å². The number of aryl methyl sites for hydroxylation is 2. The van der Waals surface area contributed by atoms with E-state index in [9.17, 15) is 8.42 Å². The third-order valence-electron chi connectivity index (χ3n) is 3.61. The van der Waals surface area contributed by atoms with Gasteiger partial charge in [-0.15, -0.1) is 0 Å². The number of halogens is 1. The first-order chi connectivity index (χ1) is 11.4. The van der Waals surface area contributed by atoms with Crippen LogP contribution in [0, 0.1) is 0 Å². The number of fused-ring (bicyclic) bond motifs is 1. The van der Waals surface area contributed by atoms with Gasteiger partial charge in [0.15, 0.2) is 0 Å². The van der Waals surface area contributed by atoms with Crippen LogP contribution in [-0.2, 0) is 23.5 Å². The molecule has 0 saturated carbocycles. The summed E-state index contributed by atoms with van der Waals surface area (Å²) in [6, 6.07) is 10.1. The van der Waals surface area contributed by atoms with Crippen LogP contribution in [0.5, 0.6) is 0 Å². The average molecular weight is 365 g/mol. The van der Waals surface area contributed by atoms with E-state index in [1.54, 1.807) is 31.3 Å². The Morgan fingerprint density at radius 2 is 1.83 bits per heavy atom. The summed E-state index contributed by atoms with van der Waals surface area (Å²) in [5.41, 5.74) is 2.45. The molecule has 6 nitrogen and oxygen atoms in total. The Hall–Kier alpha value is -2.12. The minimum atomic E-state index is -3.72. The lowest BCUT2D eigenvalue weighted by molar-refractivity contribution is 0.601. The second-order valence-electron chi connectivity index (χ2n) is 5.48. The highest BCUT2D eigenvalue weighted by atomic mass is 35.5. The first-order valence-corrected chi connectivity index (χ1v) is 9.38. The van der Waals surface area contributed by atoms with Crippen LogP contribution in [0.4, 0.5) is 5.69 Å². The highest BCUT2D eigenvalue weighted by Gasteiger charge is 2.18. The van der Waals surface area contributed by atoms with Crippen molar-refractivity contribution >= 4 is 38.3 Å². The number of nitrogens with one attached hydrogen (secondary N) is 1. The highest BCUT2D eigenvalue weighted by molar-refractivity contribution is 7.92. The fourth-order valence-corrected chi connectivity index (χ4v) is 3.83. The number of sulfonamides is 1. The minimum absolute atomic E-state index is 0.192. The number of hydrogen-bond acceptors (Lipinski definition) is 4. The van der Waals surface area contributed by atoms with E-state index in [0.29, 0.717) is 11.0 Å². The summed E-state index contributed by atoms with van der Waals surface area (Å²) in [5.74, 6) is 0. The normalized spacial score (nSPS) is 11.8. The smallest absolute Gasteiger partial charge is 0.261 e. The lowest BCUT2D eigenvalue weighted by Crippen LogP contribution is -2.13. The van der Waals surface area contributed by atoms with Gasteiger partial charge in [-0.25, -0.2) is 8.42 Å². The molecule has 1 aromatic heterocycles. The van der Waals surface area contributed by atoms with Crippen molar-refractivity contribution in [3.05, 3.63) is 47.0 Å². The molecule has 0 aliphatic carbocycles. The van der Waals surface area contributed by atoms with Gasteiger partial charge in [-0.1, -0.05) is 37.1 Å². The molecule has 0 saturated heterocycles. The fraction of sp³-hybridized carbons (Fsp3) is 0.250. The molecule has 3 aromatic rings. The molecule has 0 atom stereocenters. The largest absolute Gasteiger partial charge is 0.278 e. The Balaban J connectivity index is 1.92. The Bertz CT molecular complexity index is 981. The lowest BCUT2D eigenvalue weighted by atomic mass is 10.1. The van der Waals surface area contributed by atoms with Crippen LogP contribution in [0.3, 0.4) is 0 Å². The predicted octanol–water partition coefficient (Wildman–Crippen LogP) is 3.38. The van der Waals surface area contributed by atoms with Crippen molar-refractivity contribution in [3.63, 3.8) is 0 Å². The first kappa shape index (κ1) is 16.7. The standard InChI is InChI=1S/C16H17ClN4O2S/c1-3-4-11-5-7-12(8-6-11)24(22,23)20-13-9-10-14-16(15(13)17)19-21(2)18-14/h5-10,20H,3-4H2,1-2H3. The summed E-state index contributed by atoms with van der Waals surface area (Å²) in [6.07, 6.45) is 1.93. The van der Waals surface area contributed by atoms with Gasteiger partial charge in [-0.3, -0.25) is 4.72 Å². The molecule has 0 amide bonds. The van der Waals surface area contributed by atoms with E-state index in [2.05, 4.69) is 21.8 Å². The van der Waals surface area contributed by atoms with Gasteiger partial charge >= 0.3 is 0 Å². The van der Waals surface area contributed by atoms with Gasteiger partial charge in [-0.2, -0.15) is 15.0 Å². The molecular weight excluding hydrogens is 348 g/mol. The average Bonchev–Trinajstić information content (AvgIpc) is 2.92. The molecule has 24 heavy (non-hydrogen) atoms. The molecule has 3 rings (SSSR count). The quantitative estimate of drug-likeness (QED) is 0.752. The maximum atomic E-state index is 12.6. The summed E-state index contributed by atoms with van der Waals surface area (Å²) >= 11 is 6.27. The van der Waals surface area contributed by atoms with Crippen molar-refractivity contribution in [1.29, 1.82) is 0 Å². The molecule has 1 N–H and O–H groups in total. The summed E-state index contributed by atoms with van der Waals surface area (Å²) in [5, 5.41) is 8.52. The molecule has 126 valence electrons. The van der Waals surface area contributed by atoms with Crippen molar-refractivity contribution in [2.45, 2.75) is 24.7 Å². The zero-order valence-corrected chi connectivity index (χ0v) is 14.9. The van der Waals surface area contributed by atoms with E-state index in [0.717, 1.165) is 18.4 Å². The maximum absolute atomic E-state index is 12.6. The Labute approximate surface area is 145 Å². The molecule has 0 spiro atoms. The van der Waals surface area contributed by atoms with Gasteiger partial charge in [0.2, 0.25) is 0 Å². The third-order valence-corrected chi connectivity index (χ3v) is 5.37. The lowest BCUT2D eigenvalue weighted by Gasteiger charge is -2.10. The zero-order valence-electron chi connectivity index (χ0n) is 13.3. The van der Waals surface area contributed by atoms with Crippen LogP contribution >= 0.6 is 11.6 Å². The second-order valence-corrected chi connectivity index (χ2v) is 7.54. The van der Waals surface area contributed by atoms with Gasteiger partial charge in [0.05, 0.1) is 15.6 Å². The number of hydrogen-bond donors (Lipinski definition) is 1. The highest BCUT2D eigenvalue weighted by Crippen LogP contribution is 2.30. The number of nitrogens with zero attached hydrogens (tertiary/aromatic N) is 3. The van der Waals surface area contributed by atoms with Crippen LogP contribution in [-0.4, -0.2) is 23.4 Å². The predicted molar refractivity (Wildman–Crippen MR) is 94.8 cm³/mol. The van der Waals surface area contributed by atoms with Gasteiger partial charge < -0.3 is 0 Å². The number of rotatable bonds is 5. The van der Waals surface area contributed by atoms with Crippen molar-refractivity contribution in [1.82, 2.24) is 15.0 Å². The molecule has 0 radical (unpaired) electrons. The molecule has 8 heteroatoms. The minimum Gasteiger partial charge on any atom is -0.278 e.